The van der Waals surface area contributed by atoms with Gasteiger partial charge in [-0.1, -0.05) is 29.8 Å². The Bertz CT molecular complexity index is 544. The second-order valence-corrected chi connectivity index (χ2v) is 3.74. The van der Waals surface area contributed by atoms with E-state index in [2.05, 4.69) is 10.2 Å². The number of aromatic amines is 1. The molecule has 0 aliphatic heterocycles. The summed E-state index contributed by atoms with van der Waals surface area (Å²) in [6, 6.07) is 7.92. The van der Waals surface area contributed by atoms with Gasteiger partial charge in [-0.25, -0.2) is 5.10 Å². The molecule has 0 saturated heterocycles. The molecule has 2 aromatic rings. The van der Waals surface area contributed by atoms with Crippen LogP contribution in [0.25, 0.3) is 0 Å². The smallest absolute Gasteiger partial charge is 0.306 e. The number of nitrogens with zero attached hydrogens (tertiary/aromatic N) is 1. The summed E-state index contributed by atoms with van der Waals surface area (Å²) in [6.45, 7) is 2.01. The van der Waals surface area contributed by atoms with Gasteiger partial charge in [-0.3, -0.25) is 4.79 Å². The minimum absolute atomic E-state index is 0.254. The van der Waals surface area contributed by atoms with Crippen molar-refractivity contribution in [1.82, 2.24) is 10.2 Å². The highest BCUT2D eigenvalue weighted by Gasteiger charge is 2.06. The van der Waals surface area contributed by atoms with E-state index in [0.717, 1.165) is 5.56 Å². The van der Waals surface area contributed by atoms with Crippen LogP contribution in [0.2, 0.25) is 0 Å². The summed E-state index contributed by atoms with van der Waals surface area (Å²) in [5, 5.41) is 15.4. The third-order valence-corrected chi connectivity index (χ3v) is 2.42. The fourth-order valence-corrected chi connectivity index (χ4v) is 1.48. The number of hydrogen-bond acceptors (Lipinski definition) is 3. The molecule has 0 bridgehead atoms. The molecule has 1 heterocycles. The molecule has 2 rings (SSSR count). The molecule has 0 amide bonds. The van der Waals surface area contributed by atoms with Gasteiger partial charge in [0.15, 0.2) is 5.75 Å². The highest BCUT2D eigenvalue weighted by Crippen LogP contribution is 2.14. The zero-order valence-electron chi connectivity index (χ0n) is 8.90. The van der Waals surface area contributed by atoms with E-state index in [4.69, 9.17) is 0 Å². The highest BCUT2D eigenvalue weighted by atomic mass is 16.3. The zero-order valence-corrected chi connectivity index (χ0v) is 8.90. The second kappa shape index (κ2) is 4.18. The Morgan fingerprint density at radius 3 is 2.69 bits per heavy atom. The van der Waals surface area contributed by atoms with Crippen LogP contribution in [-0.4, -0.2) is 15.3 Å². The number of aromatic nitrogens is 2. The van der Waals surface area contributed by atoms with Gasteiger partial charge in [0.25, 0.3) is 0 Å². The molecule has 1 aromatic carbocycles. The normalized spacial score (nSPS) is 10.3. The minimum Gasteiger partial charge on any atom is -0.503 e. The minimum atomic E-state index is -0.551. The quantitative estimate of drug-likeness (QED) is 0.796. The monoisotopic (exact) mass is 216 g/mol. The van der Waals surface area contributed by atoms with Crippen LogP contribution in [0, 0.1) is 6.92 Å². The van der Waals surface area contributed by atoms with Gasteiger partial charge in [0.1, 0.15) is 0 Å². The second-order valence-electron chi connectivity index (χ2n) is 3.74. The van der Waals surface area contributed by atoms with Crippen molar-refractivity contribution in [3.63, 3.8) is 0 Å². The SMILES string of the molecule is Cc1ccc(Cc2cn[nH]c(=O)c2O)cc1. The standard InChI is InChI=1S/C12H12N2O2/c1-8-2-4-9(5-3-8)6-10-7-13-14-12(16)11(10)15/h2-5,7H,6H2,1H3,(H,13,15)(H,14,16). The van der Waals surface area contributed by atoms with Crippen LogP contribution in [0.4, 0.5) is 0 Å². The summed E-state index contributed by atoms with van der Waals surface area (Å²) in [4.78, 5) is 11.1. The van der Waals surface area contributed by atoms with Crippen molar-refractivity contribution in [3.05, 3.63) is 57.5 Å². The van der Waals surface area contributed by atoms with Gasteiger partial charge in [0.05, 0.1) is 6.20 Å². The lowest BCUT2D eigenvalue weighted by Gasteiger charge is -2.03. The number of aromatic hydroxyl groups is 1. The molecule has 0 radical (unpaired) electrons. The summed E-state index contributed by atoms with van der Waals surface area (Å²) in [7, 11) is 0. The number of hydrogen-bond donors (Lipinski definition) is 2. The first kappa shape index (κ1) is 10.4. The molecule has 0 aliphatic rings. The maximum absolute atomic E-state index is 11.1. The van der Waals surface area contributed by atoms with Crippen LogP contribution < -0.4 is 5.56 Å². The number of nitrogens with one attached hydrogen (secondary N) is 1. The van der Waals surface area contributed by atoms with Crippen LogP contribution in [0.3, 0.4) is 0 Å². The predicted molar refractivity (Wildman–Crippen MR) is 60.5 cm³/mol. The van der Waals surface area contributed by atoms with E-state index in [1.165, 1.54) is 11.8 Å². The molecular weight excluding hydrogens is 204 g/mol. The molecule has 1 aromatic heterocycles. The summed E-state index contributed by atoms with van der Waals surface area (Å²) >= 11 is 0. The molecular formula is C12H12N2O2. The largest absolute Gasteiger partial charge is 0.503 e. The molecule has 82 valence electrons. The Morgan fingerprint density at radius 2 is 2.00 bits per heavy atom. The lowest BCUT2D eigenvalue weighted by atomic mass is 10.1. The van der Waals surface area contributed by atoms with Crippen molar-refractivity contribution in [2.45, 2.75) is 13.3 Å². The summed E-state index contributed by atoms with van der Waals surface area (Å²) in [5.41, 5.74) is 2.20. The van der Waals surface area contributed by atoms with Gasteiger partial charge in [0, 0.05) is 12.0 Å². The van der Waals surface area contributed by atoms with Crippen LogP contribution in [0.5, 0.6) is 5.75 Å². The number of H-pyrrole nitrogens is 1. The Morgan fingerprint density at radius 1 is 1.31 bits per heavy atom. The first-order chi connectivity index (χ1) is 7.66. The van der Waals surface area contributed by atoms with Gasteiger partial charge in [-0.2, -0.15) is 5.10 Å². The average Bonchev–Trinajstić information content (AvgIpc) is 2.28. The molecule has 4 nitrogen and oxygen atoms in total. The third-order valence-electron chi connectivity index (χ3n) is 2.42. The molecule has 0 unspecified atom stereocenters. The number of rotatable bonds is 2. The van der Waals surface area contributed by atoms with Gasteiger partial charge in [0.2, 0.25) is 0 Å². The van der Waals surface area contributed by atoms with E-state index >= 15 is 0 Å². The van der Waals surface area contributed by atoms with E-state index < -0.39 is 5.56 Å². The highest BCUT2D eigenvalue weighted by molar-refractivity contribution is 5.33. The topological polar surface area (TPSA) is 66.0 Å². The van der Waals surface area contributed by atoms with Gasteiger partial charge >= 0.3 is 5.56 Å². The van der Waals surface area contributed by atoms with Gasteiger partial charge in [-0.05, 0) is 12.5 Å². The predicted octanol–water partition coefficient (Wildman–Crippen LogP) is 1.37. The molecule has 0 atom stereocenters. The molecule has 16 heavy (non-hydrogen) atoms. The lowest BCUT2D eigenvalue weighted by Crippen LogP contribution is -2.09. The van der Waals surface area contributed by atoms with E-state index in [9.17, 15) is 9.90 Å². The van der Waals surface area contributed by atoms with Crippen LogP contribution in [-0.2, 0) is 6.42 Å². The van der Waals surface area contributed by atoms with Crippen molar-refractivity contribution in [2.75, 3.05) is 0 Å². The molecule has 2 N–H and O–H groups in total. The third kappa shape index (κ3) is 2.11. The Kier molecular flexibility index (Phi) is 2.72. The molecule has 0 fully saturated rings. The Balaban J connectivity index is 2.30. The summed E-state index contributed by atoms with van der Waals surface area (Å²) in [5.74, 6) is -0.254. The molecule has 0 aliphatic carbocycles. The van der Waals surface area contributed by atoms with E-state index in [1.807, 2.05) is 31.2 Å². The maximum atomic E-state index is 11.1. The van der Waals surface area contributed by atoms with E-state index in [-0.39, 0.29) is 5.75 Å². The molecule has 0 spiro atoms. The fourth-order valence-electron chi connectivity index (χ4n) is 1.48. The van der Waals surface area contributed by atoms with Crippen molar-refractivity contribution >= 4 is 0 Å². The van der Waals surface area contributed by atoms with Crippen molar-refractivity contribution in [1.29, 1.82) is 0 Å². The maximum Gasteiger partial charge on any atom is 0.306 e. The van der Waals surface area contributed by atoms with Crippen LogP contribution in [0.1, 0.15) is 16.7 Å². The Labute approximate surface area is 92.6 Å². The van der Waals surface area contributed by atoms with E-state index in [1.54, 1.807) is 0 Å². The number of benzene rings is 1. The zero-order chi connectivity index (χ0) is 11.5. The van der Waals surface area contributed by atoms with Crippen molar-refractivity contribution < 1.29 is 5.11 Å². The molecule has 0 saturated carbocycles. The average molecular weight is 216 g/mol. The van der Waals surface area contributed by atoms with E-state index in [0.29, 0.717) is 12.0 Å². The lowest BCUT2D eigenvalue weighted by molar-refractivity contribution is 0.457. The van der Waals surface area contributed by atoms with Crippen molar-refractivity contribution in [3.8, 4) is 5.75 Å². The first-order valence-electron chi connectivity index (χ1n) is 4.98. The summed E-state index contributed by atoms with van der Waals surface area (Å²) in [6.07, 6.45) is 1.97. The number of aryl methyl sites for hydroxylation is 1. The Hall–Kier alpha value is -2.10. The molecule has 4 heteroatoms. The van der Waals surface area contributed by atoms with Crippen LogP contribution in [0.15, 0.2) is 35.3 Å². The van der Waals surface area contributed by atoms with Gasteiger partial charge < -0.3 is 5.11 Å². The fraction of sp³-hybridized carbons (Fsp3) is 0.167. The van der Waals surface area contributed by atoms with Crippen LogP contribution >= 0.6 is 0 Å². The first-order valence-corrected chi connectivity index (χ1v) is 4.98. The van der Waals surface area contributed by atoms with Gasteiger partial charge in [-0.15, -0.1) is 0 Å². The van der Waals surface area contributed by atoms with Crippen molar-refractivity contribution in [2.24, 2.45) is 0 Å². The summed E-state index contributed by atoms with van der Waals surface area (Å²) < 4.78 is 0.